The van der Waals surface area contributed by atoms with Crippen LogP contribution in [0.4, 0.5) is 5.69 Å². The summed E-state index contributed by atoms with van der Waals surface area (Å²) in [6, 6.07) is 3.62. The smallest absolute Gasteiger partial charge is 0.256 e. The molecule has 1 amide bonds. The lowest BCUT2D eigenvalue weighted by molar-refractivity contribution is -0.139. The molecule has 0 aliphatic carbocycles. The molecule has 0 aliphatic rings. The van der Waals surface area contributed by atoms with Gasteiger partial charge in [-0.05, 0) is 39.7 Å². The number of hydrogen-bond donors (Lipinski definition) is 1. The third-order valence-corrected chi connectivity index (χ3v) is 3.96. The van der Waals surface area contributed by atoms with Crippen molar-refractivity contribution >= 4 is 11.6 Å². The van der Waals surface area contributed by atoms with Crippen molar-refractivity contribution in [3.8, 4) is 5.88 Å². The molecule has 5 nitrogen and oxygen atoms in total. The number of ether oxygens (including phenoxy) is 2. The van der Waals surface area contributed by atoms with Crippen LogP contribution in [-0.2, 0) is 9.53 Å². The van der Waals surface area contributed by atoms with Crippen molar-refractivity contribution in [1.29, 1.82) is 0 Å². The molecular weight excluding hydrogens is 304 g/mol. The molecular formula is C19H32N2O3. The van der Waals surface area contributed by atoms with Crippen LogP contribution in [0.5, 0.6) is 5.88 Å². The van der Waals surface area contributed by atoms with E-state index in [1.165, 1.54) is 0 Å². The third kappa shape index (κ3) is 6.11. The fraction of sp³-hybridized carbons (Fsp3) is 0.684. The van der Waals surface area contributed by atoms with Gasteiger partial charge in [0.05, 0.1) is 18.0 Å². The monoisotopic (exact) mass is 336 g/mol. The van der Waals surface area contributed by atoms with Crippen molar-refractivity contribution < 1.29 is 14.3 Å². The number of nitrogens with one attached hydrogen (secondary N) is 1. The first-order chi connectivity index (χ1) is 11.5. The summed E-state index contributed by atoms with van der Waals surface area (Å²) in [5.41, 5.74) is 0.628. The number of aryl methyl sites for hydroxylation is 1. The number of carbonyl (C=O) groups is 1. The Hall–Kier alpha value is -1.62. The fourth-order valence-electron chi connectivity index (χ4n) is 2.49. The minimum atomic E-state index is -0.812. The van der Waals surface area contributed by atoms with Gasteiger partial charge in [-0.3, -0.25) is 4.79 Å². The maximum absolute atomic E-state index is 12.7. The van der Waals surface area contributed by atoms with Crippen LogP contribution in [0.2, 0.25) is 0 Å². The first kappa shape index (κ1) is 20.4. The Balaban J connectivity index is 2.79. The molecule has 0 saturated carbocycles. The Morgan fingerprint density at radius 2 is 1.96 bits per heavy atom. The van der Waals surface area contributed by atoms with Crippen LogP contribution in [0.25, 0.3) is 0 Å². The van der Waals surface area contributed by atoms with Gasteiger partial charge in [0.15, 0.2) is 0 Å². The SMILES string of the molecule is CCCCC[C@](C)(OCC)C(=O)Nc1ccc(OCCC)nc1C. The lowest BCUT2D eigenvalue weighted by Gasteiger charge is -2.28. The number of hydrogen-bond acceptors (Lipinski definition) is 4. The molecule has 1 heterocycles. The summed E-state index contributed by atoms with van der Waals surface area (Å²) >= 11 is 0. The van der Waals surface area contributed by atoms with E-state index in [4.69, 9.17) is 9.47 Å². The zero-order valence-corrected chi connectivity index (χ0v) is 15.8. The van der Waals surface area contributed by atoms with Crippen molar-refractivity contribution in [2.45, 2.75) is 72.3 Å². The molecule has 0 aromatic carbocycles. The highest BCUT2D eigenvalue weighted by Gasteiger charge is 2.33. The first-order valence-electron chi connectivity index (χ1n) is 9.02. The second kappa shape index (κ2) is 10.3. The van der Waals surface area contributed by atoms with E-state index in [0.717, 1.165) is 31.4 Å². The predicted octanol–water partition coefficient (Wildman–Crippen LogP) is 4.49. The van der Waals surface area contributed by atoms with E-state index >= 15 is 0 Å². The third-order valence-electron chi connectivity index (χ3n) is 3.96. The van der Waals surface area contributed by atoms with Crippen LogP contribution in [0.1, 0.15) is 65.5 Å². The van der Waals surface area contributed by atoms with Gasteiger partial charge in [0.25, 0.3) is 5.91 Å². The molecule has 136 valence electrons. The Labute approximate surface area is 146 Å². The minimum absolute atomic E-state index is 0.118. The Morgan fingerprint density at radius 1 is 1.21 bits per heavy atom. The molecule has 24 heavy (non-hydrogen) atoms. The number of unbranched alkanes of at least 4 members (excludes halogenated alkanes) is 2. The average Bonchev–Trinajstić information content (AvgIpc) is 2.55. The highest BCUT2D eigenvalue weighted by Crippen LogP contribution is 2.24. The predicted molar refractivity (Wildman–Crippen MR) is 97.6 cm³/mol. The Bertz CT molecular complexity index is 519. The molecule has 0 unspecified atom stereocenters. The number of rotatable bonds is 11. The van der Waals surface area contributed by atoms with Gasteiger partial charge in [-0.25, -0.2) is 4.98 Å². The number of aromatic nitrogens is 1. The van der Waals surface area contributed by atoms with E-state index in [9.17, 15) is 4.79 Å². The van der Waals surface area contributed by atoms with E-state index < -0.39 is 5.60 Å². The van der Waals surface area contributed by atoms with Gasteiger partial charge in [0, 0.05) is 12.7 Å². The van der Waals surface area contributed by atoms with Gasteiger partial charge in [-0.2, -0.15) is 0 Å². The maximum atomic E-state index is 12.7. The highest BCUT2D eigenvalue weighted by atomic mass is 16.5. The van der Waals surface area contributed by atoms with Gasteiger partial charge in [-0.1, -0.05) is 33.1 Å². The molecule has 0 aliphatic heterocycles. The number of nitrogens with zero attached hydrogens (tertiary/aromatic N) is 1. The standard InChI is InChI=1S/C19H32N2O3/c1-6-9-10-13-19(5,24-8-3)18(22)21-16-11-12-17(20-15(16)4)23-14-7-2/h11-12H,6-10,13-14H2,1-5H3,(H,21,22)/t19-/m0/s1. The zero-order valence-electron chi connectivity index (χ0n) is 15.8. The number of amides is 1. The average molecular weight is 336 g/mol. The molecule has 1 atom stereocenters. The molecule has 0 radical (unpaired) electrons. The normalized spacial score (nSPS) is 13.4. The van der Waals surface area contributed by atoms with E-state index in [0.29, 0.717) is 31.2 Å². The first-order valence-corrected chi connectivity index (χ1v) is 9.02. The van der Waals surface area contributed by atoms with Crippen molar-refractivity contribution in [3.05, 3.63) is 17.8 Å². The molecule has 1 rings (SSSR count). The lowest BCUT2D eigenvalue weighted by atomic mass is 9.96. The largest absolute Gasteiger partial charge is 0.478 e. The van der Waals surface area contributed by atoms with Crippen LogP contribution in [-0.4, -0.2) is 29.7 Å². The molecule has 1 aromatic rings. The maximum Gasteiger partial charge on any atom is 0.256 e. The van der Waals surface area contributed by atoms with Gasteiger partial charge in [0.2, 0.25) is 5.88 Å². The summed E-state index contributed by atoms with van der Waals surface area (Å²) in [6.45, 7) is 11.0. The fourth-order valence-corrected chi connectivity index (χ4v) is 2.49. The van der Waals surface area contributed by atoms with E-state index in [1.54, 1.807) is 6.07 Å². The van der Waals surface area contributed by atoms with Gasteiger partial charge in [-0.15, -0.1) is 0 Å². The van der Waals surface area contributed by atoms with Crippen molar-refractivity contribution in [1.82, 2.24) is 4.98 Å². The molecule has 5 heteroatoms. The van der Waals surface area contributed by atoms with Gasteiger partial charge < -0.3 is 14.8 Å². The summed E-state index contributed by atoms with van der Waals surface area (Å²) in [5.74, 6) is 0.468. The molecule has 0 bridgehead atoms. The second-order valence-corrected chi connectivity index (χ2v) is 6.21. The molecule has 1 aromatic heterocycles. The number of pyridine rings is 1. The summed E-state index contributed by atoms with van der Waals surface area (Å²) in [5, 5.41) is 2.96. The highest BCUT2D eigenvalue weighted by molar-refractivity contribution is 5.97. The summed E-state index contributed by atoms with van der Waals surface area (Å²) in [6.07, 6.45) is 4.84. The van der Waals surface area contributed by atoms with Crippen molar-refractivity contribution in [3.63, 3.8) is 0 Å². The number of carbonyl (C=O) groups excluding carboxylic acids is 1. The van der Waals surface area contributed by atoms with E-state index in [1.807, 2.05) is 26.8 Å². The van der Waals surface area contributed by atoms with Crippen molar-refractivity contribution in [2.75, 3.05) is 18.5 Å². The van der Waals surface area contributed by atoms with E-state index in [-0.39, 0.29) is 5.91 Å². The quantitative estimate of drug-likeness (QED) is 0.605. The van der Waals surface area contributed by atoms with Crippen LogP contribution in [0.15, 0.2) is 12.1 Å². The molecule has 1 N–H and O–H groups in total. The Kier molecular flexibility index (Phi) is 8.76. The molecule has 0 fully saturated rings. The van der Waals surface area contributed by atoms with E-state index in [2.05, 4.69) is 24.1 Å². The topological polar surface area (TPSA) is 60.5 Å². The Morgan fingerprint density at radius 3 is 2.54 bits per heavy atom. The molecule has 0 saturated heterocycles. The van der Waals surface area contributed by atoms with Gasteiger partial charge >= 0.3 is 0 Å². The molecule has 0 spiro atoms. The summed E-state index contributed by atoms with van der Waals surface area (Å²) in [4.78, 5) is 17.1. The zero-order chi connectivity index (χ0) is 18.0. The minimum Gasteiger partial charge on any atom is -0.478 e. The van der Waals surface area contributed by atoms with Crippen LogP contribution < -0.4 is 10.1 Å². The summed E-state index contributed by atoms with van der Waals surface area (Å²) in [7, 11) is 0. The second-order valence-electron chi connectivity index (χ2n) is 6.21. The number of anilines is 1. The van der Waals surface area contributed by atoms with Crippen LogP contribution in [0.3, 0.4) is 0 Å². The van der Waals surface area contributed by atoms with Crippen molar-refractivity contribution in [2.24, 2.45) is 0 Å². The van der Waals surface area contributed by atoms with Crippen LogP contribution >= 0.6 is 0 Å². The van der Waals surface area contributed by atoms with Gasteiger partial charge in [0.1, 0.15) is 5.60 Å². The lowest BCUT2D eigenvalue weighted by Crippen LogP contribution is -2.43. The van der Waals surface area contributed by atoms with Crippen LogP contribution in [0, 0.1) is 6.92 Å². The summed E-state index contributed by atoms with van der Waals surface area (Å²) < 4.78 is 11.3.